The number of rotatable bonds is 2. The molecule has 112 valence electrons. The molecule has 5 heteroatoms. The van der Waals surface area contributed by atoms with Crippen molar-refractivity contribution in [2.75, 3.05) is 5.32 Å². The van der Waals surface area contributed by atoms with Crippen LogP contribution in [0.1, 0.15) is 21.5 Å². The lowest BCUT2D eigenvalue weighted by molar-refractivity contribution is -0.118. The van der Waals surface area contributed by atoms with Crippen molar-refractivity contribution < 1.29 is 9.59 Å². The normalized spacial score (nSPS) is 16.6. The van der Waals surface area contributed by atoms with Crippen LogP contribution < -0.4 is 10.6 Å². The number of nitrogens with one attached hydrogen (secondary N) is 2. The van der Waals surface area contributed by atoms with Crippen LogP contribution in [0.25, 0.3) is 0 Å². The minimum absolute atomic E-state index is 0.219. The molecule has 2 aromatic carbocycles. The summed E-state index contributed by atoms with van der Waals surface area (Å²) in [7, 11) is 0. The van der Waals surface area contributed by atoms with Gasteiger partial charge < -0.3 is 10.6 Å². The van der Waals surface area contributed by atoms with E-state index in [2.05, 4.69) is 10.6 Å². The molecule has 0 fully saturated rings. The maximum Gasteiger partial charge on any atom is 0.252 e. The number of halogens is 1. The van der Waals surface area contributed by atoms with Gasteiger partial charge >= 0.3 is 0 Å². The van der Waals surface area contributed by atoms with Crippen LogP contribution in [-0.4, -0.2) is 17.9 Å². The highest BCUT2D eigenvalue weighted by Crippen LogP contribution is 2.21. The molecule has 0 radical (unpaired) electrons. The third kappa shape index (κ3) is 2.83. The van der Waals surface area contributed by atoms with E-state index in [4.69, 9.17) is 11.6 Å². The number of amides is 2. The molecule has 1 aliphatic rings. The number of carbonyl (C=O) groups excluding carboxylic acids is 2. The van der Waals surface area contributed by atoms with E-state index in [0.29, 0.717) is 22.7 Å². The smallest absolute Gasteiger partial charge is 0.252 e. The average molecular weight is 315 g/mol. The van der Waals surface area contributed by atoms with Gasteiger partial charge in [-0.2, -0.15) is 0 Å². The van der Waals surface area contributed by atoms with Crippen LogP contribution in [0.3, 0.4) is 0 Å². The summed E-state index contributed by atoms with van der Waals surface area (Å²) < 4.78 is 0. The lowest BCUT2D eigenvalue weighted by Gasteiger charge is -2.24. The maximum absolute atomic E-state index is 12.4. The Morgan fingerprint density at radius 1 is 1.27 bits per heavy atom. The Morgan fingerprint density at radius 3 is 2.82 bits per heavy atom. The van der Waals surface area contributed by atoms with E-state index in [-0.39, 0.29) is 11.8 Å². The van der Waals surface area contributed by atoms with E-state index >= 15 is 0 Å². The fraction of sp³-hybridized carbons (Fsp3) is 0.176. The molecule has 0 aliphatic carbocycles. The summed E-state index contributed by atoms with van der Waals surface area (Å²) >= 11 is 6.05. The second kappa shape index (κ2) is 5.81. The Hall–Kier alpha value is -2.33. The van der Waals surface area contributed by atoms with Gasteiger partial charge in [-0.15, -0.1) is 0 Å². The van der Waals surface area contributed by atoms with Gasteiger partial charge in [0.15, 0.2) is 0 Å². The summed E-state index contributed by atoms with van der Waals surface area (Å²) in [6.07, 6.45) is 0.480. The molecule has 2 N–H and O–H groups in total. The molecule has 1 heterocycles. The molecule has 22 heavy (non-hydrogen) atoms. The Bertz CT molecular complexity index is 758. The second-order valence-corrected chi connectivity index (χ2v) is 5.75. The van der Waals surface area contributed by atoms with Crippen molar-refractivity contribution in [1.29, 1.82) is 0 Å². The largest absolute Gasteiger partial charge is 0.340 e. The van der Waals surface area contributed by atoms with Gasteiger partial charge in [-0.25, -0.2) is 0 Å². The van der Waals surface area contributed by atoms with Crippen LogP contribution in [0.5, 0.6) is 0 Å². The van der Waals surface area contributed by atoms with Crippen molar-refractivity contribution >= 4 is 29.1 Å². The molecule has 4 nitrogen and oxygen atoms in total. The minimum Gasteiger partial charge on any atom is -0.340 e. The van der Waals surface area contributed by atoms with Crippen LogP contribution in [-0.2, 0) is 11.2 Å². The highest BCUT2D eigenvalue weighted by molar-refractivity contribution is 6.31. The zero-order valence-electron chi connectivity index (χ0n) is 12.0. The monoisotopic (exact) mass is 314 g/mol. The van der Waals surface area contributed by atoms with E-state index in [9.17, 15) is 9.59 Å². The number of hydrogen-bond acceptors (Lipinski definition) is 2. The van der Waals surface area contributed by atoms with Gasteiger partial charge in [-0.3, -0.25) is 9.59 Å². The molecule has 2 amide bonds. The second-order valence-electron chi connectivity index (χ2n) is 5.34. The molecular formula is C17H15ClN2O2. The highest BCUT2D eigenvalue weighted by Gasteiger charge is 2.28. The molecule has 1 atom stereocenters. The predicted octanol–water partition coefficient (Wildman–Crippen LogP) is 2.94. The van der Waals surface area contributed by atoms with E-state index in [1.807, 2.05) is 31.2 Å². The molecule has 3 rings (SSSR count). The molecule has 1 unspecified atom stereocenters. The van der Waals surface area contributed by atoms with Gasteiger partial charge in [0, 0.05) is 22.7 Å². The molecule has 0 saturated carbocycles. The number of anilines is 1. The number of benzene rings is 2. The van der Waals surface area contributed by atoms with Crippen molar-refractivity contribution in [2.45, 2.75) is 19.4 Å². The van der Waals surface area contributed by atoms with Crippen LogP contribution in [0.4, 0.5) is 5.69 Å². The molecule has 0 saturated heterocycles. The maximum atomic E-state index is 12.4. The quantitative estimate of drug-likeness (QED) is 0.895. The Kier molecular flexibility index (Phi) is 3.86. The van der Waals surface area contributed by atoms with Crippen LogP contribution >= 0.6 is 11.6 Å². The summed E-state index contributed by atoms with van der Waals surface area (Å²) in [6.45, 7) is 1.90. The Labute approximate surface area is 133 Å². The third-order valence-electron chi connectivity index (χ3n) is 3.75. The first-order valence-electron chi connectivity index (χ1n) is 7.00. The van der Waals surface area contributed by atoms with Crippen LogP contribution in [0.15, 0.2) is 42.5 Å². The number of hydrogen-bond donors (Lipinski definition) is 2. The van der Waals surface area contributed by atoms with Crippen molar-refractivity contribution in [3.8, 4) is 0 Å². The highest BCUT2D eigenvalue weighted by atomic mass is 35.5. The number of aryl methyl sites for hydroxylation is 1. The number of fused-ring (bicyclic) bond motifs is 1. The SMILES string of the molecule is Cc1ccc(NC(=O)C2Cc3ccccc3C(=O)N2)cc1Cl. The summed E-state index contributed by atoms with van der Waals surface area (Å²) in [5, 5.41) is 6.12. The molecule has 0 bridgehead atoms. The van der Waals surface area contributed by atoms with Gasteiger partial charge in [-0.05, 0) is 36.2 Å². The Balaban J connectivity index is 1.76. The minimum atomic E-state index is -0.581. The first-order valence-corrected chi connectivity index (χ1v) is 7.38. The summed E-state index contributed by atoms with van der Waals surface area (Å²) in [5.41, 5.74) is 3.08. The van der Waals surface area contributed by atoms with Crippen LogP contribution in [0.2, 0.25) is 5.02 Å². The van der Waals surface area contributed by atoms with E-state index in [0.717, 1.165) is 11.1 Å². The van der Waals surface area contributed by atoms with Crippen molar-refractivity contribution in [1.82, 2.24) is 5.32 Å². The average Bonchev–Trinajstić information content (AvgIpc) is 2.51. The van der Waals surface area contributed by atoms with Crippen molar-refractivity contribution in [3.05, 3.63) is 64.2 Å². The first-order chi connectivity index (χ1) is 10.5. The van der Waals surface area contributed by atoms with Crippen LogP contribution in [0, 0.1) is 6.92 Å². The summed E-state index contributed by atoms with van der Waals surface area (Å²) in [4.78, 5) is 24.4. The summed E-state index contributed by atoms with van der Waals surface area (Å²) in [5.74, 6) is -0.466. The van der Waals surface area contributed by atoms with Gasteiger partial charge in [-0.1, -0.05) is 35.9 Å². The Morgan fingerprint density at radius 2 is 2.05 bits per heavy atom. The lowest BCUT2D eigenvalue weighted by atomic mass is 9.95. The van der Waals surface area contributed by atoms with Gasteiger partial charge in [0.25, 0.3) is 5.91 Å². The third-order valence-corrected chi connectivity index (χ3v) is 4.15. The number of carbonyl (C=O) groups is 2. The fourth-order valence-corrected chi connectivity index (χ4v) is 2.67. The fourth-order valence-electron chi connectivity index (χ4n) is 2.48. The molecular weight excluding hydrogens is 300 g/mol. The van der Waals surface area contributed by atoms with Gasteiger partial charge in [0.2, 0.25) is 5.91 Å². The molecule has 1 aliphatic heterocycles. The molecule has 2 aromatic rings. The van der Waals surface area contributed by atoms with E-state index in [1.54, 1.807) is 18.2 Å². The lowest BCUT2D eigenvalue weighted by Crippen LogP contribution is -2.48. The topological polar surface area (TPSA) is 58.2 Å². The zero-order valence-corrected chi connectivity index (χ0v) is 12.8. The van der Waals surface area contributed by atoms with Gasteiger partial charge in [0.05, 0.1) is 0 Å². The standard InChI is InChI=1S/C17H15ClN2O2/c1-10-6-7-12(9-14(10)18)19-17(22)15-8-11-4-2-3-5-13(11)16(21)20-15/h2-7,9,15H,8H2,1H3,(H,19,22)(H,20,21). The predicted molar refractivity (Wildman–Crippen MR) is 86.2 cm³/mol. The van der Waals surface area contributed by atoms with Crippen molar-refractivity contribution in [3.63, 3.8) is 0 Å². The van der Waals surface area contributed by atoms with E-state index in [1.165, 1.54) is 0 Å². The first kappa shape index (κ1) is 14.6. The van der Waals surface area contributed by atoms with E-state index < -0.39 is 6.04 Å². The van der Waals surface area contributed by atoms with Crippen molar-refractivity contribution in [2.24, 2.45) is 0 Å². The molecule has 0 spiro atoms. The zero-order chi connectivity index (χ0) is 15.7. The molecule has 0 aromatic heterocycles. The van der Waals surface area contributed by atoms with Gasteiger partial charge in [0.1, 0.15) is 6.04 Å². The summed E-state index contributed by atoms with van der Waals surface area (Å²) in [6, 6.07) is 12.1.